The number of hydrogen-bond acceptors (Lipinski definition) is 1. The van der Waals surface area contributed by atoms with Gasteiger partial charge in [-0.15, -0.1) is 0 Å². The summed E-state index contributed by atoms with van der Waals surface area (Å²) >= 11 is 0. The molecule has 0 saturated heterocycles. The molecule has 60 valence electrons. The largest absolute Gasteiger partial charge is 0.388 e. The Labute approximate surface area is 64.5 Å². The lowest BCUT2D eigenvalue weighted by Crippen LogP contribution is -2.23. The molecule has 0 saturated carbocycles. The Morgan fingerprint density at radius 2 is 2.10 bits per heavy atom. The average Bonchev–Trinajstić information content (AvgIpc) is 2.00. The van der Waals surface area contributed by atoms with Gasteiger partial charge in [-0.3, -0.25) is 0 Å². The van der Waals surface area contributed by atoms with E-state index in [2.05, 4.69) is 25.4 Å². The van der Waals surface area contributed by atoms with Gasteiger partial charge < -0.3 is 5.32 Å². The molecular formula is C9H19N. The van der Waals surface area contributed by atoms with Crippen molar-refractivity contribution in [2.45, 2.75) is 46.6 Å². The minimum Gasteiger partial charge on any atom is -0.388 e. The minimum absolute atomic E-state index is 0.693. The van der Waals surface area contributed by atoms with Crippen molar-refractivity contribution in [3.05, 3.63) is 11.8 Å². The van der Waals surface area contributed by atoms with E-state index in [4.69, 9.17) is 0 Å². The van der Waals surface area contributed by atoms with Gasteiger partial charge in [-0.1, -0.05) is 19.4 Å². The van der Waals surface area contributed by atoms with Gasteiger partial charge in [0.25, 0.3) is 0 Å². The van der Waals surface area contributed by atoms with Gasteiger partial charge in [0, 0.05) is 6.04 Å². The second-order valence-electron chi connectivity index (χ2n) is 2.60. The van der Waals surface area contributed by atoms with E-state index in [0.717, 1.165) is 0 Å². The Balaban J connectivity index is 0.000000371. The molecule has 0 bridgehead atoms. The Kier molecular flexibility index (Phi) is 5.09. The van der Waals surface area contributed by atoms with Crippen LogP contribution in [0.2, 0.25) is 0 Å². The van der Waals surface area contributed by atoms with Crippen molar-refractivity contribution < 1.29 is 0 Å². The van der Waals surface area contributed by atoms with E-state index in [9.17, 15) is 0 Å². The standard InChI is InChI=1S/C7H13N.C2H6/c1-6-3-4-7(2)8-5-6;1-2/h5,7-8H,3-4H2,1-2H3;1-2H3. The zero-order valence-corrected chi connectivity index (χ0v) is 7.57. The fraction of sp³-hybridized carbons (Fsp3) is 0.778. The molecule has 1 aliphatic rings. The van der Waals surface area contributed by atoms with E-state index >= 15 is 0 Å². The fourth-order valence-corrected chi connectivity index (χ4v) is 0.884. The van der Waals surface area contributed by atoms with Crippen molar-refractivity contribution in [2.24, 2.45) is 0 Å². The van der Waals surface area contributed by atoms with Crippen LogP contribution in [0.25, 0.3) is 0 Å². The van der Waals surface area contributed by atoms with Gasteiger partial charge in [-0.05, 0) is 32.9 Å². The number of hydrogen-bond donors (Lipinski definition) is 1. The average molecular weight is 141 g/mol. The SMILES string of the molecule is CC.CC1=CNC(C)CC1. The van der Waals surface area contributed by atoms with E-state index in [1.807, 2.05) is 13.8 Å². The third kappa shape index (κ3) is 3.54. The molecule has 1 heteroatoms. The smallest absolute Gasteiger partial charge is 0.0230 e. The molecule has 10 heavy (non-hydrogen) atoms. The third-order valence-electron chi connectivity index (χ3n) is 1.59. The van der Waals surface area contributed by atoms with Gasteiger partial charge in [-0.25, -0.2) is 0 Å². The predicted octanol–water partition coefficient (Wildman–Crippen LogP) is 2.69. The van der Waals surface area contributed by atoms with Crippen LogP contribution in [-0.2, 0) is 0 Å². The summed E-state index contributed by atoms with van der Waals surface area (Å²) in [5, 5.41) is 3.27. The molecular weight excluding hydrogens is 122 g/mol. The van der Waals surface area contributed by atoms with E-state index in [-0.39, 0.29) is 0 Å². The van der Waals surface area contributed by atoms with Crippen LogP contribution < -0.4 is 5.32 Å². The molecule has 1 N–H and O–H groups in total. The van der Waals surface area contributed by atoms with Crippen LogP contribution in [0.3, 0.4) is 0 Å². The van der Waals surface area contributed by atoms with E-state index in [0.29, 0.717) is 6.04 Å². The highest BCUT2D eigenvalue weighted by molar-refractivity contribution is 5.01. The number of rotatable bonds is 0. The highest BCUT2D eigenvalue weighted by Crippen LogP contribution is 2.10. The Bertz CT molecular complexity index is 105. The molecule has 0 aromatic rings. The Morgan fingerprint density at radius 3 is 2.40 bits per heavy atom. The molecule has 1 atom stereocenters. The molecule has 0 amide bonds. The Morgan fingerprint density at radius 1 is 1.50 bits per heavy atom. The molecule has 1 rings (SSSR count). The molecule has 1 unspecified atom stereocenters. The molecule has 0 aromatic heterocycles. The van der Waals surface area contributed by atoms with Crippen LogP contribution in [0.1, 0.15) is 40.5 Å². The first-order chi connectivity index (χ1) is 4.79. The zero-order chi connectivity index (χ0) is 7.98. The summed E-state index contributed by atoms with van der Waals surface area (Å²) in [5.41, 5.74) is 1.48. The number of nitrogens with one attached hydrogen (secondary N) is 1. The maximum absolute atomic E-state index is 3.27. The van der Waals surface area contributed by atoms with Crippen molar-refractivity contribution in [3.63, 3.8) is 0 Å². The molecule has 0 aromatic carbocycles. The minimum atomic E-state index is 0.693. The maximum atomic E-state index is 3.27. The molecule has 1 aliphatic heterocycles. The van der Waals surface area contributed by atoms with Gasteiger partial charge in [0.05, 0.1) is 0 Å². The lowest BCUT2D eigenvalue weighted by atomic mass is 10.1. The van der Waals surface area contributed by atoms with E-state index < -0.39 is 0 Å². The van der Waals surface area contributed by atoms with E-state index in [1.165, 1.54) is 18.4 Å². The van der Waals surface area contributed by atoms with Crippen LogP contribution in [0.15, 0.2) is 11.8 Å². The number of allylic oxidation sites excluding steroid dienone is 1. The Hall–Kier alpha value is -0.460. The van der Waals surface area contributed by atoms with Gasteiger partial charge in [0.15, 0.2) is 0 Å². The lowest BCUT2D eigenvalue weighted by Gasteiger charge is -2.17. The summed E-state index contributed by atoms with van der Waals surface area (Å²) < 4.78 is 0. The van der Waals surface area contributed by atoms with E-state index in [1.54, 1.807) is 0 Å². The highest BCUT2D eigenvalue weighted by atomic mass is 14.9. The molecule has 0 fully saturated rings. The lowest BCUT2D eigenvalue weighted by molar-refractivity contribution is 0.553. The predicted molar refractivity (Wildman–Crippen MR) is 46.9 cm³/mol. The second kappa shape index (κ2) is 5.33. The first kappa shape index (κ1) is 9.54. The normalized spacial score (nSPS) is 23.6. The van der Waals surface area contributed by atoms with Gasteiger partial charge >= 0.3 is 0 Å². The molecule has 1 nitrogen and oxygen atoms in total. The summed E-state index contributed by atoms with van der Waals surface area (Å²) in [4.78, 5) is 0. The van der Waals surface area contributed by atoms with Crippen LogP contribution in [0.5, 0.6) is 0 Å². The first-order valence-electron chi connectivity index (χ1n) is 4.21. The first-order valence-corrected chi connectivity index (χ1v) is 4.21. The van der Waals surface area contributed by atoms with Gasteiger partial charge in [0.2, 0.25) is 0 Å². The molecule has 0 radical (unpaired) electrons. The molecule has 0 spiro atoms. The van der Waals surface area contributed by atoms with Crippen molar-refractivity contribution in [3.8, 4) is 0 Å². The van der Waals surface area contributed by atoms with Crippen LogP contribution in [0, 0.1) is 0 Å². The topological polar surface area (TPSA) is 12.0 Å². The van der Waals surface area contributed by atoms with Crippen LogP contribution >= 0.6 is 0 Å². The van der Waals surface area contributed by atoms with Gasteiger partial charge in [0.1, 0.15) is 0 Å². The summed E-state index contributed by atoms with van der Waals surface area (Å²) in [6.07, 6.45) is 4.69. The van der Waals surface area contributed by atoms with Gasteiger partial charge in [-0.2, -0.15) is 0 Å². The molecule has 1 heterocycles. The zero-order valence-electron chi connectivity index (χ0n) is 7.57. The summed E-state index contributed by atoms with van der Waals surface area (Å²) in [5.74, 6) is 0. The third-order valence-corrected chi connectivity index (χ3v) is 1.59. The molecule has 0 aliphatic carbocycles. The van der Waals surface area contributed by atoms with Crippen molar-refractivity contribution in [1.29, 1.82) is 0 Å². The van der Waals surface area contributed by atoms with Crippen LogP contribution in [0.4, 0.5) is 0 Å². The van der Waals surface area contributed by atoms with Crippen molar-refractivity contribution in [1.82, 2.24) is 5.32 Å². The second-order valence-corrected chi connectivity index (χ2v) is 2.60. The maximum Gasteiger partial charge on any atom is 0.0230 e. The van der Waals surface area contributed by atoms with Crippen molar-refractivity contribution >= 4 is 0 Å². The summed E-state index contributed by atoms with van der Waals surface area (Å²) in [6.45, 7) is 8.38. The quantitative estimate of drug-likeness (QED) is 0.547. The monoisotopic (exact) mass is 141 g/mol. The summed E-state index contributed by atoms with van der Waals surface area (Å²) in [6, 6.07) is 0.693. The highest BCUT2D eigenvalue weighted by Gasteiger charge is 2.03. The summed E-state index contributed by atoms with van der Waals surface area (Å²) in [7, 11) is 0. The fourth-order valence-electron chi connectivity index (χ4n) is 0.884. The van der Waals surface area contributed by atoms with Crippen molar-refractivity contribution in [2.75, 3.05) is 0 Å². The van der Waals surface area contributed by atoms with Crippen LogP contribution in [-0.4, -0.2) is 6.04 Å².